The fourth-order valence-corrected chi connectivity index (χ4v) is 4.01. The summed E-state index contributed by atoms with van der Waals surface area (Å²) in [6.45, 7) is 1.09. The molecule has 3 aromatic rings. The highest BCUT2D eigenvalue weighted by Gasteiger charge is 2.35. The summed E-state index contributed by atoms with van der Waals surface area (Å²) in [5.74, 6) is 0.0254. The van der Waals surface area contributed by atoms with Gasteiger partial charge in [-0.05, 0) is 53.8 Å². The van der Waals surface area contributed by atoms with Gasteiger partial charge in [0, 0.05) is 23.1 Å². The maximum absolute atomic E-state index is 12.9. The van der Waals surface area contributed by atoms with Gasteiger partial charge >= 0.3 is 0 Å². The van der Waals surface area contributed by atoms with Crippen LogP contribution in [0.4, 0.5) is 0 Å². The van der Waals surface area contributed by atoms with Gasteiger partial charge in [-0.25, -0.2) is 0 Å². The number of benzene rings is 3. The van der Waals surface area contributed by atoms with Crippen molar-refractivity contribution in [2.75, 3.05) is 13.1 Å². The summed E-state index contributed by atoms with van der Waals surface area (Å²) in [5.41, 5.74) is 2.97. The van der Waals surface area contributed by atoms with Crippen LogP contribution in [0.1, 0.15) is 28.8 Å². The molecular formula is C24H22BrNO2. The normalized spacial score (nSPS) is 16.0. The van der Waals surface area contributed by atoms with E-state index in [1.54, 1.807) is 0 Å². The zero-order chi connectivity index (χ0) is 19.6. The van der Waals surface area contributed by atoms with Crippen LogP contribution in [0.2, 0.25) is 0 Å². The molecular weight excluding hydrogens is 414 g/mol. The van der Waals surface area contributed by atoms with Crippen LogP contribution in [-0.4, -0.2) is 29.0 Å². The Morgan fingerprint density at radius 1 is 0.821 bits per heavy atom. The second-order valence-electron chi connectivity index (χ2n) is 7.27. The first-order valence-corrected chi connectivity index (χ1v) is 10.3. The van der Waals surface area contributed by atoms with E-state index in [1.807, 2.05) is 71.6 Å². The maximum atomic E-state index is 12.9. The highest BCUT2D eigenvalue weighted by molar-refractivity contribution is 9.10. The van der Waals surface area contributed by atoms with Crippen LogP contribution in [0, 0.1) is 0 Å². The molecule has 0 aromatic heterocycles. The van der Waals surface area contributed by atoms with Crippen LogP contribution in [-0.2, 0) is 5.60 Å². The Morgan fingerprint density at radius 3 is 2.00 bits per heavy atom. The first kappa shape index (κ1) is 18.9. The molecule has 4 rings (SSSR count). The monoisotopic (exact) mass is 435 g/mol. The Morgan fingerprint density at radius 2 is 1.39 bits per heavy atom. The van der Waals surface area contributed by atoms with Gasteiger partial charge in [0.1, 0.15) is 0 Å². The van der Waals surface area contributed by atoms with E-state index in [0.29, 0.717) is 31.5 Å². The van der Waals surface area contributed by atoms with Crippen LogP contribution >= 0.6 is 15.9 Å². The van der Waals surface area contributed by atoms with Gasteiger partial charge in [0.05, 0.1) is 5.60 Å². The molecule has 0 saturated carbocycles. The summed E-state index contributed by atoms with van der Waals surface area (Å²) in [6.07, 6.45) is 1.09. The fourth-order valence-electron chi connectivity index (χ4n) is 3.75. The average molecular weight is 436 g/mol. The predicted molar refractivity (Wildman–Crippen MR) is 115 cm³/mol. The highest BCUT2D eigenvalue weighted by Crippen LogP contribution is 2.34. The smallest absolute Gasteiger partial charge is 0.253 e. The first-order valence-electron chi connectivity index (χ1n) is 9.48. The number of amides is 1. The van der Waals surface area contributed by atoms with Crippen molar-refractivity contribution < 1.29 is 9.90 Å². The van der Waals surface area contributed by atoms with Crippen molar-refractivity contribution in [3.63, 3.8) is 0 Å². The van der Waals surface area contributed by atoms with Crippen LogP contribution in [0.25, 0.3) is 11.1 Å². The second kappa shape index (κ2) is 7.90. The fraction of sp³-hybridized carbons (Fsp3) is 0.208. The molecule has 0 unspecified atom stereocenters. The van der Waals surface area contributed by atoms with Crippen molar-refractivity contribution in [3.05, 3.63) is 94.5 Å². The van der Waals surface area contributed by atoms with Gasteiger partial charge in [-0.15, -0.1) is 0 Å². The third-order valence-electron chi connectivity index (χ3n) is 5.50. The molecule has 1 N–H and O–H groups in total. The molecule has 1 heterocycles. The largest absolute Gasteiger partial charge is 0.385 e. The Kier molecular flexibility index (Phi) is 5.33. The van der Waals surface area contributed by atoms with Gasteiger partial charge in [-0.3, -0.25) is 4.79 Å². The van der Waals surface area contributed by atoms with Gasteiger partial charge in [-0.2, -0.15) is 0 Å². The van der Waals surface area contributed by atoms with Gasteiger partial charge in [0.25, 0.3) is 5.91 Å². The lowest BCUT2D eigenvalue weighted by molar-refractivity contribution is -0.0211. The van der Waals surface area contributed by atoms with Crippen LogP contribution in [0.15, 0.2) is 83.3 Å². The SMILES string of the molecule is O=C(c1ccc(-c2ccccc2)cc1)N1CCC(O)(c2ccc(Br)cc2)CC1. The average Bonchev–Trinajstić information content (AvgIpc) is 2.75. The summed E-state index contributed by atoms with van der Waals surface area (Å²) >= 11 is 3.43. The number of nitrogens with zero attached hydrogens (tertiary/aromatic N) is 1. The van der Waals surface area contributed by atoms with E-state index in [9.17, 15) is 9.90 Å². The number of hydrogen-bond acceptors (Lipinski definition) is 2. The molecule has 4 heteroatoms. The van der Waals surface area contributed by atoms with Crippen molar-refractivity contribution in [2.45, 2.75) is 18.4 Å². The highest BCUT2D eigenvalue weighted by atomic mass is 79.9. The molecule has 142 valence electrons. The number of likely N-dealkylation sites (tertiary alicyclic amines) is 1. The van der Waals surface area contributed by atoms with E-state index < -0.39 is 5.60 Å². The Hall–Kier alpha value is -2.43. The minimum Gasteiger partial charge on any atom is -0.385 e. The van der Waals surface area contributed by atoms with E-state index in [2.05, 4.69) is 28.1 Å². The zero-order valence-electron chi connectivity index (χ0n) is 15.5. The molecule has 0 radical (unpaired) electrons. The molecule has 1 saturated heterocycles. The molecule has 1 amide bonds. The number of hydrogen-bond donors (Lipinski definition) is 1. The van der Waals surface area contributed by atoms with Crippen molar-refractivity contribution in [1.82, 2.24) is 4.90 Å². The topological polar surface area (TPSA) is 40.5 Å². The molecule has 0 aliphatic carbocycles. The van der Waals surface area contributed by atoms with Gasteiger partial charge < -0.3 is 10.0 Å². The predicted octanol–water partition coefficient (Wildman–Crippen LogP) is 5.24. The van der Waals surface area contributed by atoms with E-state index in [0.717, 1.165) is 21.2 Å². The molecule has 0 spiro atoms. The van der Waals surface area contributed by atoms with Crippen molar-refractivity contribution >= 4 is 21.8 Å². The number of carbonyl (C=O) groups excluding carboxylic acids is 1. The standard InChI is InChI=1S/C24H22BrNO2/c25-22-12-10-21(11-13-22)24(28)14-16-26(17-15-24)23(27)20-8-6-19(7-9-20)18-4-2-1-3-5-18/h1-13,28H,14-17H2. The van der Waals surface area contributed by atoms with E-state index >= 15 is 0 Å². The van der Waals surface area contributed by atoms with Crippen molar-refractivity contribution in [1.29, 1.82) is 0 Å². The summed E-state index contributed by atoms with van der Waals surface area (Å²) < 4.78 is 0.992. The number of rotatable bonds is 3. The quantitative estimate of drug-likeness (QED) is 0.610. The first-order chi connectivity index (χ1) is 13.5. The summed E-state index contributed by atoms with van der Waals surface area (Å²) in [5, 5.41) is 11.0. The molecule has 3 aromatic carbocycles. The number of halogens is 1. The lowest BCUT2D eigenvalue weighted by atomic mass is 9.84. The third-order valence-corrected chi connectivity index (χ3v) is 6.03. The number of carbonyl (C=O) groups is 1. The number of piperidine rings is 1. The van der Waals surface area contributed by atoms with Crippen LogP contribution in [0.3, 0.4) is 0 Å². The molecule has 3 nitrogen and oxygen atoms in total. The molecule has 0 bridgehead atoms. The number of aliphatic hydroxyl groups is 1. The third kappa shape index (κ3) is 3.89. The summed E-state index contributed by atoms with van der Waals surface area (Å²) in [7, 11) is 0. The Labute approximate surface area is 173 Å². The second-order valence-corrected chi connectivity index (χ2v) is 8.19. The molecule has 28 heavy (non-hydrogen) atoms. The van der Waals surface area contributed by atoms with E-state index in [-0.39, 0.29) is 5.91 Å². The maximum Gasteiger partial charge on any atom is 0.253 e. The minimum atomic E-state index is -0.866. The molecule has 1 fully saturated rings. The molecule has 1 aliphatic rings. The Bertz CT molecular complexity index is 944. The van der Waals surface area contributed by atoms with Gasteiger partial charge in [0.15, 0.2) is 0 Å². The molecule has 1 aliphatic heterocycles. The van der Waals surface area contributed by atoms with Crippen LogP contribution in [0.5, 0.6) is 0 Å². The lowest BCUT2D eigenvalue weighted by Gasteiger charge is -2.38. The van der Waals surface area contributed by atoms with Crippen LogP contribution < -0.4 is 0 Å². The lowest BCUT2D eigenvalue weighted by Crippen LogP contribution is -2.45. The molecule has 0 atom stereocenters. The van der Waals surface area contributed by atoms with Crippen molar-refractivity contribution in [2.24, 2.45) is 0 Å². The van der Waals surface area contributed by atoms with Crippen molar-refractivity contribution in [3.8, 4) is 11.1 Å². The zero-order valence-corrected chi connectivity index (χ0v) is 17.1. The summed E-state index contributed by atoms with van der Waals surface area (Å²) in [6, 6.07) is 25.7. The van der Waals surface area contributed by atoms with E-state index in [1.165, 1.54) is 0 Å². The van der Waals surface area contributed by atoms with E-state index in [4.69, 9.17) is 0 Å². The van der Waals surface area contributed by atoms with Gasteiger partial charge in [-0.1, -0.05) is 70.5 Å². The summed E-state index contributed by atoms with van der Waals surface area (Å²) in [4.78, 5) is 14.7. The Balaban J connectivity index is 1.43. The van der Waals surface area contributed by atoms with Gasteiger partial charge in [0.2, 0.25) is 0 Å². The minimum absolute atomic E-state index is 0.0254.